The lowest BCUT2D eigenvalue weighted by atomic mass is 10.1. The lowest BCUT2D eigenvalue weighted by Gasteiger charge is -2.07. The minimum Gasteiger partial charge on any atom is -0.398 e. The number of nitrogens with two attached hydrogens (primary N) is 2. The number of hydrogen-bond donors (Lipinski definition) is 2. The van der Waals surface area contributed by atoms with Crippen LogP contribution >= 0.6 is 0 Å². The smallest absolute Gasteiger partial charge is 0.280 e. The van der Waals surface area contributed by atoms with Gasteiger partial charge in [-0.15, -0.1) is 0 Å². The van der Waals surface area contributed by atoms with Gasteiger partial charge in [0.1, 0.15) is 11.4 Å². The van der Waals surface area contributed by atoms with E-state index >= 15 is 0 Å². The number of aromatic nitrogens is 1. The topological polar surface area (TPSA) is 82.0 Å². The molecule has 4 nitrogen and oxygen atoms in total. The number of halogens is 2. The van der Waals surface area contributed by atoms with Crippen LogP contribution in [0.2, 0.25) is 0 Å². The second-order valence-corrected chi connectivity index (χ2v) is 2.62. The Labute approximate surface area is 78.9 Å². The molecule has 0 aliphatic carbocycles. The molecule has 0 amide bonds. The molecule has 1 rings (SSSR count). The summed E-state index contributed by atoms with van der Waals surface area (Å²) >= 11 is 0. The van der Waals surface area contributed by atoms with Gasteiger partial charge in [-0.3, -0.25) is 4.79 Å². The van der Waals surface area contributed by atoms with Crippen molar-refractivity contribution in [2.75, 3.05) is 5.73 Å². The van der Waals surface area contributed by atoms with Crippen molar-refractivity contribution in [2.45, 2.75) is 13.0 Å². The van der Waals surface area contributed by atoms with E-state index in [4.69, 9.17) is 11.5 Å². The van der Waals surface area contributed by atoms with Gasteiger partial charge in [0.15, 0.2) is 6.29 Å². The van der Waals surface area contributed by atoms with E-state index in [9.17, 15) is 13.6 Å². The summed E-state index contributed by atoms with van der Waals surface area (Å²) in [6.45, 7) is -0.00355. The summed E-state index contributed by atoms with van der Waals surface area (Å²) in [6, 6.07) is 1.03. The normalized spacial score (nSPS) is 10.6. The second kappa shape index (κ2) is 4.10. The van der Waals surface area contributed by atoms with Gasteiger partial charge >= 0.3 is 0 Å². The van der Waals surface area contributed by atoms with Crippen molar-refractivity contribution in [2.24, 2.45) is 5.73 Å². The van der Waals surface area contributed by atoms with Gasteiger partial charge in [-0.25, -0.2) is 13.8 Å². The predicted molar refractivity (Wildman–Crippen MR) is 46.9 cm³/mol. The highest BCUT2D eigenvalue weighted by Crippen LogP contribution is 2.22. The zero-order valence-corrected chi connectivity index (χ0v) is 7.21. The third-order valence-corrected chi connectivity index (χ3v) is 1.75. The van der Waals surface area contributed by atoms with Crippen molar-refractivity contribution in [3.05, 3.63) is 23.0 Å². The predicted octanol–water partition coefficient (Wildman–Crippen LogP) is 0.873. The van der Waals surface area contributed by atoms with Crippen LogP contribution in [0.4, 0.5) is 14.5 Å². The van der Waals surface area contributed by atoms with Crippen molar-refractivity contribution >= 4 is 12.0 Å². The van der Waals surface area contributed by atoms with Crippen LogP contribution in [-0.2, 0) is 6.54 Å². The molecule has 0 atom stereocenters. The van der Waals surface area contributed by atoms with Crippen molar-refractivity contribution < 1.29 is 13.6 Å². The van der Waals surface area contributed by atoms with Crippen molar-refractivity contribution in [3.8, 4) is 0 Å². The van der Waals surface area contributed by atoms with Gasteiger partial charge in [-0.2, -0.15) is 0 Å². The van der Waals surface area contributed by atoms with E-state index in [0.717, 1.165) is 6.07 Å². The van der Waals surface area contributed by atoms with Crippen LogP contribution in [0, 0.1) is 0 Å². The second-order valence-electron chi connectivity index (χ2n) is 2.62. The molecule has 0 fully saturated rings. The molecule has 0 aliphatic rings. The molecule has 0 aromatic carbocycles. The summed E-state index contributed by atoms with van der Waals surface area (Å²) in [4.78, 5) is 13.9. The number of carbonyl (C=O) groups is 1. The summed E-state index contributed by atoms with van der Waals surface area (Å²) in [7, 11) is 0. The summed E-state index contributed by atoms with van der Waals surface area (Å²) < 4.78 is 24.5. The third kappa shape index (κ3) is 1.85. The van der Waals surface area contributed by atoms with Gasteiger partial charge in [0.25, 0.3) is 6.43 Å². The van der Waals surface area contributed by atoms with E-state index in [0.29, 0.717) is 11.8 Å². The molecular formula is C8H9F2N3O. The van der Waals surface area contributed by atoms with Crippen molar-refractivity contribution in [1.82, 2.24) is 4.98 Å². The van der Waals surface area contributed by atoms with Crippen LogP contribution in [0.5, 0.6) is 0 Å². The van der Waals surface area contributed by atoms with E-state index < -0.39 is 12.1 Å². The van der Waals surface area contributed by atoms with Gasteiger partial charge in [-0.05, 0) is 6.07 Å². The number of alkyl halides is 2. The first-order chi connectivity index (χ1) is 6.60. The quantitative estimate of drug-likeness (QED) is 0.711. The van der Waals surface area contributed by atoms with Gasteiger partial charge < -0.3 is 11.5 Å². The van der Waals surface area contributed by atoms with E-state index in [2.05, 4.69) is 4.98 Å². The highest BCUT2D eigenvalue weighted by atomic mass is 19.3. The van der Waals surface area contributed by atoms with E-state index in [1.165, 1.54) is 0 Å². The maximum Gasteiger partial charge on any atom is 0.280 e. The Hall–Kier alpha value is -1.56. The Morgan fingerprint density at radius 1 is 1.57 bits per heavy atom. The van der Waals surface area contributed by atoms with Crippen LogP contribution in [0.15, 0.2) is 6.07 Å². The number of rotatable bonds is 3. The van der Waals surface area contributed by atoms with Crippen LogP contribution in [-0.4, -0.2) is 11.3 Å². The molecule has 4 N–H and O–H groups in total. The fourth-order valence-electron chi connectivity index (χ4n) is 1.06. The van der Waals surface area contributed by atoms with E-state index in [1.807, 2.05) is 0 Å². The first-order valence-electron chi connectivity index (χ1n) is 3.82. The molecular weight excluding hydrogens is 192 g/mol. The number of pyridine rings is 1. The average Bonchev–Trinajstić information content (AvgIpc) is 2.16. The Balaban J connectivity index is 3.31. The molecule has 1 aromatic heterocycles. The Kier molecular flexibility index (Phi) is 3.08. The summed E-state index contributed by atoms with van der Waals surface area (Å²) in [5.41, 5.74) is 10.5. The standard InChI is InChI=1S/C8H9F2N3O/c9-8(10)6-1-5(12)4(2-11)7(3-14)13-6/h1,3,8H,2,11H2,(H2,12,13). The molecule has 0 radical (unpaired) electrons. The van der Waals surface area contributed by atoms with Crippen LogP contribution in [0.3, 0.4) is 0 Å². The maximum atomic E-state index is 12.2. The van der Waals surface area contributed by atoms with E-state index in [-0.39, 0.29) is 17.9 Å². The monoisotopic (exact) mass is 201 g/mol. The number of hydrogen-bond acceptors (Lipinski definition) is 4. The average molecular weight is 201 g/mol. The molecule has 1 aromatic rings. The number of nitrogen functional groups attached to an aromatic ring is 1. The fourth-order valence-corrected chi connectivity index (χ4v) is 1.06. The third-order valence-electron chi connectivity index (χ3n) is 1.75. The number of anilines is 1. The van der Waals surface area contributed by atoms with Crippen molar-refractivity contribution in [3.63, 3.8) is 0 Å². The Morgan fingerprint density at radius 3 is 2.64 bits per heavy atom. The lowest BCUT2D eigenvalue weighted by Crippen LogP contribution is -2.09. The van der Waals surface area contributed by atoms with Gasteiger partial charge in [-0.1, -0.05) is 0 Å². The van der Waals surface area contributed by atoms with Crippen LogP contribution in [0.25, 0.3) is 0 Å². The highest BCUT2D eigenvalue weighted by molar-refractivity contribution is 5.77. The molecule has 0 unspecified atom stereocenters. The molecule has 0 bridgehead atoms. The zero-order valence-electron chi connectivity index (χ0n) is 7.21. The Morgan fingerprint density at radius 2 is 2.21 bits per heavy atom. The summed E-state index contributed by atoms with van der Waals surface area (Å²) in [5.74, 6) is 0. The molecule has 0 spiro atoms. The van der Waals surface area contributed by atoms with Crippen molar-refractivity contribution in [1.29, 1.82) is 0 Å². The Bertz CT molecular complexity index is 355. The molecule has 0 saturated carbocycles. The van der Waals surface area contributed by atoms with Gasteiger partial charge in [0, 0.05) is 17.8 Å². The minimum absolute atomic E-state index is 0.00355. The highest BCUT2D eigenvalue weighted by Gasteiger charge is 2.14. The zero-order chi connectivity index (χ0) is 10.7. The molecule has 1 heterocycles. The number of carbonyl (C=O) groups excluding carboxylic acids is 1. The molecule has 0 aliphatic heterocycles. The lowest BCUT2D eigenvalue weighted by molar-refractivity contribution is 0.111. The summed E-state index contributed by atoms with van der Waals surface area (Å²) in [6.07, 6.45) is -2.38. The summed E-state index contributed by atoms with van der Waals surface area (Å²) in [5, 5.41) is 0. The molecule has 14 heavy (non-hydrogen) atoms. The minimum atomic E-state index is -2.75. The SMILES string of the molecule is NCc1c(N)cc(C(F)F)nc1C=O. The fraction of sp³-hybridized carbons (Fsp3) is 0.250. The van der Waals surface area contributed by atoms with Gasteiger partial charge in [0.05, 0.1) is 0 Å². The number of nitrogens with zero attached hydrogens (tertiary/aromatic N) is 1. The largest absolute Gasteiger partial charge is 0.398 e. The molecule has 76 valence electrons. The maximum absolute atomic E-state index is 12.2. The molecule has 6 heteroatoms. The first kappa shape index (κ1) is 10.5. The molecule has 0 saturated heterocycles. The van der Waals surface area contributed by atoms with Gasteiger partial charge in [0.2, 0.25) is 0 Å². The number of aldehydes is 1. The van der Waals surface area contributed by atoms with E-state index in [1.54, 1.807) is 0 Å². The van der Waals surface area contributed by atoms with Crippen LogP contribution in [0.1, 0.15) is 28.2 Å². The first-order valence-corrected chi connectivity index (χ1v) is 3.82. The van der Waals surface area contributed by atoms with Crippen LogP contribution < -0.4 is 11.5 Å².